The third-order valence-electron chi connectivity index (χ3n) is 2.83. The second-order valence-corrected chi connectivity index (χ2v) is 4.53. The van der Waals surface area contributed by atoms with Crippen LogP contribution in [0, 0.1) is 5.82 Å². The van der Waals surface area contributed by atoms with Crippen LogP contribution in [0.15, 0.2) is 48.5 Å². The second kappa shape index (κ2) is 7.40. The number of hydrogen-bond donors (Lipinski definition) is 2. The third-order valence-corrected chi connectivity index (χ3v) is 2.83. The zero-order chi connectivity index (χ0) is 15.1. The van der Waals surface area contributed by atoms with E-state index in [9.17, 15) is 9.18 Å². The molecule has 5 heteroatoms. The van der Waals surface area contributed by atoms with E-state index in [0.717, 1.165) is 12.0 Å². The molecule has 21 heavy (non-hydrogen) atoms. The molecule has 4 nitrogen and oxygen atoms in total. The number of hydrogen-bond acceptors (Lipinski definition) is 3. The number of anilines is 1. The van der Waals surface area contributed by atoms with Gasteiger partial charge in [-0.15, -0.1) is 0 Å². The predicted molar refractivity (Wildman–Crippen MR) is 79.7 cm³/mol. The molecule has 0 heterocycles. The van der Waals surface area contributed by atoms with E-state index in [1.807, 2.05) is 18.2 Å². The number of benzene rings is 2. The molecule has 0 aliphatic heterocycles. The molecule has 0 spiro atoms. The maximum Gasteiger partial charge on any atom is 0.262 e. The Labute approximate surface area is 122 Å². The number of carbonyl (C=O) groups is 1. The highest BCUT2D eigenvalue weighted by molar-refractivity contribution is 5.91. The van der Waals surface area contributed by atoms with Gasteiger partial charge in [0.25, 0.3) is 5.91 Å². The van der Waals surface area contributed by atoms with Crippen LogP contribution in [0.5, 0.6) is 5.75 Å². The molecule has 1 amide bonds. The zero-order valence-electron chi connectivity index (χ0n) is 11.5. The van der Waals surface area contributed by atoms with E-state index in [0.29, 0.717) is 18.0 Å². The maximum absolute atomic E-state index is 12.7. The van der Waals surface area contributed by atoms with Crippen molar-refractivity contribution in [1.82, 2.24) is 0 Å². The van der Waals surface area contributed by atoms with Gasteiger partial charge in [-0.25, -0.2) is 4.39 Å². The fourth-order valence-corrected chi connectivity index (χ4v) is 1.84. The monoisotopic (exact) mass is 288 g/mol. The molecule has 0 bridgehead atoms. The van der Waals surface area contributed by atoms with Crippen LogP contribution < -0.4 is 15.8 Å². The normalized spacial score (nSPS) is 10.2. The van der Waals surface area contributed by atoms with Gasteiger partial charge in [-0.1, -0.05) is 12.1 Å². The summed E-state index contributed by atoms with van der Waals surface area (Å²) in [6, 6.07) is 13.0. The fraction of sp³-hybridized carbons (Fsp3) is 0.188. The molecular weight excluding hydrogens is 271 g/mol. The minimum Gasteiger partial charge on any atom is -0.484 e. The van der Waals surface area contributed by atoms with Gasteiger partial charge in [0.05, 0.1) is 0 Å². The van der Waals surface area contributed by atoms with E-state index in [2.05, 4.69) is 5.32 Å². The molecule has 110 valence electrons. The lowest BCUT2D eigenvalue weighted by molar-refractivity contribution is -0.118. The Morgan fingerprint density at radius 2 is 1.95 bits per heavy atom. The van der Waals surface area contributed by atoms with Gasteiger partial charge in [0.1, 0.15) is 11.6 Å². The SMILES string of the molecule is NCCc1cccc(OCC(=O)Nc2ccc(F)cc2)c1. The molecule has 2 aromatic rings. The Kier molecular flexibility index (Phi) is 5.29. The molecule has 0 unspecified atom stereocenters. The summed E-state index contributed by atoms with van der Waals surface area (Å²) in [6.45, 7) is 0.456. The molecule has 0 saturated heterocycles. The van der Waals surface area contributed by atoms with Crippen LogP contribution in [0.2, 0.25) is 0 Å². The summed E-state index contributed by atoms with van der Waals surface area (Å²) in [5.41, 5.74) is 7.09. The summed E-state index contributed by atoms with van der Waals surface area (Å²) >= 11 is 0. The molecule has 0 fully saturated rings. The minimum absolute atomic E-state index is 0.108. The van der Waals surface area contributed by atoms with E-state index >= 15 is 0 Å². The number of halogens is 1. The maximum atomic E-state index is 12.7. The van der Waals surface area contributed by atoms with Gasteiger partial charge < -0.3 is 15.8 Å². The summed E-state index contributed by atoms with van der Waals surface area (Å²) in [6.07, 6.45) is 0.763. The lowest BCUT2D eigenvalue weighted by Gasteiger charge is -2.08. The third kappa shape index (κ3) is 4.89. The first-order valence-corrected chi connectivity index (χ1v) is 6.64. The summed E-state index contributed by atoms with van der Waals surface area (Å²) in [7, 11) is 0. The van der Waals surface area contributed by atoms with Gasteiger partial charge in [-0.3, -0.25) is 4.79 Å². The molecule has 0 aromatic heterocycles. The first kappa shape index (κ1) is 15.0. The van der Waals surface area contributed by atoms with E-state index < -0.39 is 0 Å². The lowest BCUT2D eigenvalue weighted by atomic mass is 10.1. The average Bonchev–Trinajstić information content (AvgIpc) is 2.48. The number of amides is 1. The molecule has 0 atom stereocenters. The van der Waals surface area contributed by atoms with E-state index in [1.165, 1.54) is 24.3 Å². The van der Waals surface area contributed by atoms with E-state index in [4.69, 9.17) is 10.5 Å². The molecule has 0 aliphatic carbocycles. The fourth-order valence-electron chi connectivity index (χ4n) is 1.84. The Morgan fingerprint density at radius 1 is 1.19 bits per heavy atom. The highest BCUT2D eigenvalue weighted by atomic mass is 19.1. The minimum atomic E-state index is -0.346. The van der Waals surface area contributed by atoms with Crippen LogP contribution in [-0.4, -0.2) is 19.1 Å². The Bertz CT molecular complexity index is 599. The molecule has 0 saturated carbocycles. The van der Waals surface area contributed by atoms with Crippen molar-refractivity contribution >= 4 is 11.6 Å². The molecule has 2 aromatic carbocycles. The van der Waals surface area contributed by atoms with Crippen LogP contribution in [-0.2, 0) is 11.2 Å². The Balaban J connectivity index is 1.86. The van der Waals surface area contributed by atoms with Crippen molar-refractivity contribution in [2.45, 2.75) is 6.42 Å². The quantitative estimate of drug-likeness (QED) is 0.857. The average molecular weight is 288 g/mol. The summed E-state index contributed by atoms with van der Waals surface area (Å²) in [5.74, 6) is -0.0259. The predicted octanol–water partition coefficient (Wildman–Crippen LogP) is 2.34. The van der Waals surface area contributed by atoms with Crippen LogP contribution in [0.4, 0.5) is 10.1 Å². The van der Waals surface area contributed by atoms with Gasteiger partial charge in [0.2, 0.25) is 0 Å². The number of nitrogens with two attached hydrogens (primary N) is 1. The Hall–Kier alpha value is -2.40. The molecule has 2 rings (SSSR count). The first-order chi connectivity index (χ1) is 10.2. The van der Waals surface area contributed by atoms with Crippen molar-refractivity contribution in [3.05, 3.63) is 59.9 Å². The zero-order valence-corrected chi connectivity index (χ0v) is 11.5. The number of carbonyl (C=O) groups excluding carboxylic acids is 1. The summed E-state index contributed by atoms with van der Waals surface area (Å²) in [5, 5.41) is 2.63. The van der Waals surface area contributed by atoms with Gasteiger partial charge in [-0.05, 0) is 54.9 Å². The van der Waals surface area contributed by atoms with Gasteiger partial charge >= 0.3 is 0 Å². The van der Waals surface area contributed by atoms with Crippen molar-refractivity contribution < 1.29 is 13.9 Å². The van der Waals surface area contributed by atoms with Crippen LogP contribution in [0.3, 0.4) is 0 Å². The number of rotatable bonds is 6. The standard InChI is InChI=1S/C16H17FN2O2/c17-13-4-6-14(7-5-13)19-16(20)11-21-15-3-1-2-12(10-15)8-9-18/h1-7,10H,8-9,11,18H2,(H,19,20). The molecule has 0 radical (unpaired) electrons. The lowest BCUT2D eigenvalue weighted by Crippen LogP contribution is -2.20. The van der Waals surface area contributed by atoms with Crippen LogP contribution >= 0.6 is 0 Å². The van der Waals surface area contributed by atoms with Gasteiger partial charge in [0.15, 0.2) is 6.61 Å². The van der Waals surface area contributed by atoms with Crippen molar-refractivity contribution in [3.8, 4) is 5.75 Å². The van der Waals surface area contributed by atoms with E-state index in [1.54, 1.807) is 6.07 Å². The van der Waals surface area contributed by atoms with Crippen molar-refractivity contribution in [3.63, 3.8) is 0 Å². The highest BCUT2D eigenvalue weighted by Crippen LogP contribution is 2.14. The Morgan fingerprint density at radius 3 is 2.67 bits per heavy atom. The van der Waals surface area contributed by atoms with Crippen LogP contribution in [0.1, 0.15) is 5.56 Å². The van der Waals surface area contributed by atoms with Crippen molar-refractivity contribution in [2.75, 3.05) is 18.5 Å². The van der Waals surface area contributed by atoms with Crippen molar-refractivity contribution in [2.24, 2.45) is 5.73 Å². The largest absolute Gasteiger partial charge is 0.484 e. The molecule has 0 aliphatic rings. The smallest absolute Gasteiger partial charge is 0.262 e. The first-order valence-electron chi connectivity index (χ1n) is 6.64. The van der Waals surface area contributed by atoms with Gasteiger partial charge in [0, 0.05) is 5.69 Å². The topological polar surface area (TPSA) is 64.3 Å². The molecular formula is C16H17FN2O2. The second-order valence-electron chi connectivity index (χ2n) is 4.53. The highest BCUT2D eigenvalue weighted by Gasteiger charge is 2.04. The van der Waals surface area contributed by atoms with E-state index in [-0.39, 0.29) is 18.3 Å². The van der Waals surface area contributed by atoms with Crippen molar-refractivity contribution in [1.29, 1.82) is 0 Å². The number of nitrogens with one attached hydrogen (secondary N) is 1. The summed E-state index contributed by atoms with van der Waals surface area (Å²) < 4.78 is 18.2. The van der Waals surface area contributed by atoms with Gasteiger partial charge in [-0.2, -0.15) is 0 Å². The van der Waals surface area contributed by atoms with Crippen LogP contribution in [0.25, 0.3) is 0 Å². The number of ether oxygens (including phenoxy) is 1. The molecule has 3 N–H and O–H groups in total. The summed E-state index contributed by atoms with van der Waals surface area (Å²) in [4.78, 5) is 11.7.